The van der Waals surface area contributed by atoms with Crippen LogP contribution in [0.25, 0.3) is 0 Å². The summed E-state index contributed by atoms with van der Waals surface area (Å²) in [4.78, 5) is 20.3. The maximum atomic E-state index is 16.0. The third-order valence-electron chi connectivity index (χ3n) is 10.2. The predicted octanol–water partition coefficient (Wildman–Crippen LogP) is 3.11. The number of amides is 1. The number of ether oxygens (including phenoxy) is 1. The quantitative estimate of drug-likeness (QED) is 0.496. The van der Waals surface area contributed by atoms with Gasteiger partial charge in [-0.05, 0) is 63.4 Å². The molecule has 0 aromatic heterocycles. The van der Waals surface area contributed by atoms with Crippen molar-refractivity contribution in [3.05, 3.63) is 42.5 Å². The second-order valence-electron chi connectivity index (χ2n) is 12.5. The lowest BCUT2D eigenvalue weighted by Gasteiger charge is -2.56. The van der Waals surface area contributed by atoms with E-state index in [0.717, 1.165) is 37.8 Å². The lowest BCUT2D eigenvalue weighted by molar-refractivity contribution is -0.136. The van der Waals surface area contributed by atoms with Crippen molar-refractivity contribution in [1.82, 2.24) is 25.3 Å². The van der Waals surface area contributed by atoms with Crippen LogP contribution in [-0.4, -0.2) is 102 Å². The fourth-order valence-corrected chi connectivity index (χ4v) is 9.38. The smallest absolute Gasteiger partial charge is 0.246 e. The Bertz CT molecular complexity index is 1170. The molecule has 41 heavy (non-hydrogen) atoms. The molecule has 0 radical (unpaired) electrons. The number of rotatable bonds is 6. The first-order chi connectivity index (χ1) is 19.9. The standard InChI is InChI=1S/C31H43FN6O2S/c1-3-28(39)38-16-15-37(19-22(38)11-13-33)29-24-10-12-31(27(32)17-21-7-4-5-9-26(21)41-31)18-25(24)34-30(35-29)40-20-23-8-6-14-36(23)2/h3-5,7,9,22-25,27,29-30,34-35H,1,6,8,10-12,14-20H2,2H3/t22?,23?,24?,25?,27?,29?,30?,31-/m1/s1. The van der Waals surface area contributed by atoms with Crippen LogP contribution in [0.4, 0.5) is 4.39 Å². The number of likely N-dealkylation sites (tertiary alicyclic amines) is 1. The van der Waals surface area contributed by atoms with Gasteiger partial charge in [-0.3, -0.25) is 20.3 Å². The van der Waals surface area contributed by atoms with Gasteiger partial charge in [0.1, 0.15) is 6.17 Å². The zero-order valence-electron chi connectivity index (χ0n) is 24.0. The van der Waals surface area contributed by atoms with Crippen LogP contribution < -0.4 is 10.6 Å². The van der Waals surface area contributed by atoms with Gasteiger partial charge in [0.05, 0.1) is 36.1 Å². The molecule has 4 heterocycles. The van der Waals surface area contributed by atoms with Gasteiger partial charge in [0, 0.05) is 49.0 Å². The van der Waals surface area contributed by atoms with E-state index in [2.05, 4.69) is 58.3 Å². The van der Waals surface area contributed by atoms with E-state index in [0.29, 0.717) is 38.7 Å². The summed E-state index contributed by atoms with van der Waals surface area (Å²) < 4.78 is 22.1. The second-order valence-corrected chi connectivity index (χ2v) is 13.9. The topological polar surface area (TPSA) is 83.9 Å². The van der Waals surface area contributed by atoms with Gasteiger partial charge in [-0.15, -0.1) is 11.8 Å². The summed E-state index contributed by atoms with van der Waals surface area (Å²) in [5.41, 5.74) is 1.12. The molecule has 7 unspecified atom stereocenters. The van der Waals surface area contributed by atoms with E-state index in [1.54, 1.807) is 16.7 Å². The minimum atomic E-state index is -0.890. The Balaban J connectivity index is 1.22. The maximum absolute atomic E-state index is 16.0. The summed E-state index contributed by atoms with van der Waals surface area (Å²) in [7, 11) is 2.16. The largest absolute Gasteiger partial charge is 0.348 e. The molecule has 8 nitrogen and oxygen atoms in total. The molecule has 1 amide bonds. The first-order valence-electron chi connectivity index (χ1n) is 15.2. The number of fused-ring (bicyclic) bond motifs is 2. The Morgan fingerprint density at radius 1 is 1.27 bits per heavy atom. The number of benzene rings is 1. The highest BCUT2D eigenvalue weighted by Crippen LogP contribution is 2.54. The van der Waals surface area contributed by atoms with E-state index in [-0.39, 0.29) is 42.8 Å². The second kappa shape index (κ2) is 12.3. The van der Waals surface area contributed by atoms with Gasteiger partial charge in [-0.25, -0.2) is 4.39 Å². The summed E-state index contributed by atoms with van der Waals surface area (Å²) in [6.45, 7) is 7.28. The summed E-state index contributed by atoms with van der Waals surface area (Å²) >= 11 is 1.74. The van der Waals surface area contributed by atoms with Gasteiger partial charge in [0.25, 0.3) is 0 Å². The first-order valence-corrected chi connectivity index (χ1v) is 16.0. The molecule has 1 saturated carbocycles. The number of alkyl halides is 1. The number of likely N-dealkylation sites (N-methyl/N-ethyl adjacent to an activating group) is 1. The normalized spacial score (nSPS) is 37.8. The molecule has 1 aliphatic carbocycles. The van der Waals surface area contributed by atoms with Crippen LogP contribution in [0, 0.1) is 17.2 Å². The van der Waals surface area contributed by atoms with Crippen LogP contribution in [0.3, 0.4) is 0 Å². The molecule has 2 N–H and O–H groups in total. The Labute approximate surface area is 247 Å². The van der Waals surface area contributed by atoms with E-state index in [1.807, 2.05) is 6.07 Å². The van der Waals surface area contributed by atoms with Crippen molar-refractivity contribution >= 4 is 17.7 Å². The van der Waals surface area contributed by atoms with Gasteiger partial charge in [-0.1, -0.05) is 24.8 Å². The molecular formula is C31H43FN6O2S. The molecular weight excluding hydrogens is 539 g/mol. The van der Waals surface area contributed by atoms with E-state index in [1.165, 1.54) is 17.4 Å². The van der Waals surface area contributed by atoms with E-state index in [9.17, 15) is 10.1 Å². The predicted molar refractivity (Wildman–Crippen MR) is 158 cm³/mol. The van der Waals surface area contributed by atoms with Crippen molar-refractivity contribution in [2.45, 2.75) is 91.4 Å². The summed E-state index contributed by atoms with van der Waals surface area (Å²) in [5, 5.41) is 17.1. The number of nitriles is 1. The Kier molecular flexibility index (Phi) is 8.74. The van der Waals surface area contributed by atoms with Crippen LogP contribution in [0.15, 0.2) is 41.8 Å². The molecule has 1 spiro atoms. The Hall–Kier alpha value is -2.00. The van der Waals surface area contributed by atoms with Gasteiger partial charge in [0.2, 0.25) is 5.91 Å². The molecule has 6 rings (SSSR count). The fraction of sp³-hybridized carbons (Fsp3) is 0.677. The van der Waals surface area contributed by atoms with Crippen LogP contribution in [0.5, 0.6) is 0 Å². The minimum Gasteiger partial charge on any atom is -0.348 e. The summed E-state index contributed by atoms with van der Waals surface area (Å²) in [6, 6.07) is 10.9. The molecule has 10 heteroatoms. The molecule has 1 aromatic carbocycles. The lowest BCUT2D eigenvalue weighted by Crippen LogP contribution is -2.73. The van der Waals surface area contributed by atoms with Crippen molar-refractivity contribution < 1.29 is 13.9 Å². The third-order valence-corrected chi connectivity index (χ3v) is 11.8. The van der Waals surface area contributed by atoms with Gasteiger partial charge in [0.15, 0.2) is 6.35 Å². The lowest BCUT2D eigenvalue weighted by atomic mass is 9.72. The van der Waals surface area contributed by atoms with E-state index in [4.69, 9.17) is 4.74 Å². The molecule has 1 aromatic rings. The number of nitrogens with zero attached hydrogens (tertiary/aromatic N) is 4. The Morgan fingerprint density at radius 3 is 2.90 bits per heavy atom. The highest BCUT2D eigenvalue weighted by atomic mass is 32.2. The van der Waals surface area contributed by atoms with Crippen LogP contribution in [0.2, 0.25) is 0 Å². The van der Waals surface area contributed by atoms with E-state index < -0.39 is 10.9 Å². The van der Waals surface area contributed by atoms with Gasteiger partial charge in [-0.2, -0.15) is 5.26 Å². The maximum Gasteiger partial charge on any atom is 0.246 e. The molecule has 0 bridgehead atoms. The SMILES string of the molecule is C=CC(=O)N1CCN(C2NC(OCC3CCCN3C)NC3C[C@@]4(CCC32)Sc2ccccc2CC4F)CC1CC#N. The van der Waals surface area contributed by atoms with Crippen LogP contribution in [0.1, 0.15) is 44.1 Å². The van der Waals surface area contributed by atoms with Gasteiger partial charge >= 0.3 is 0 Å². The Morgan fingerprint density at radius 2 is 2.12 bits per heavy atom. The zero-order valence-corrected chi connectivity index (χ0v) is 24.8. The van der Waals surface area contributed by atoms with Crippen LogP contribution in [-0.2, 0) is 16.0 Å². The highest BCUT2D eigenvalue weighted by Gasteiger charge is 2.54. The summed E-state index contributed by atoms with van der Waals surface area (Å²) in [5.74, 6) is 0.148. The number of thioether (sulfide) groups is 1. The third kappa shape index (κ3) is 5.82. The molecule has 4 aliphatic heterocycles. The minimum absolute atomic E-state index is 0.0195. The molecule has 222 valence electrons. The fourth-order valence-electron chi connectivity index (χ4n) is 7.82. The number of carbonyl (C=O) groups is 1. The summed E-state index contributed by atoms with van der Waals surface area (Å²) in [6.07, 6.45) is 5.69. The molecule has 4 fully saturated rings. The highest BCUT2D eigenvalue weighted by molar-refractivity contribution is 8.00. The molecule has 5 aliphatic rings. The van der Waals surface area contributed by atoms with E-state index >= 15 is 4.39 Å². The zero-order chi connectivity index (χ0) is 28.6. The van der Waals surface area contributed by atoms with Crippen molar-refractivity contribution in [1.29, 1.82) is 5.26 Å². The monoisotopic (exact) mass is 582 g/mol. The molecule has 8 atom stereocenters. The average Bonchev–Trinajstić information content (AvgIpc) is 3.40. The number of carbonyl (C=O) groups excluding carboxylic acids is 1. The van der Waals surface area contributed by atoms with Crippen molar-refractivity contribution in [3.8, 4) is 6.07 Å². The van der Waals surface area contributed by atoms with Crippen molar-refractivity contribution in [2.24, 2.45) is 5.92 Å². The number of piperazine rings is 1. The first kappa shape index (κ1) is 29.1. The number of nitrogens with one attached hydrogen (secondary N) is 2. The number of halogens is 1. The molecule has 3 saturated heterocycles. The van der Waals surface area contributed by atoms with Crippen LogP contribution >= 0.6 is 11.8 Å². The number of hydrogen-bond acceptors (Lipinski definition) is 8. The number of hydrogen-bond donors (Lipinski definition) is 2. The average molecular weight is 583 g/mol. The van der Waals surface area contributed by atoms with Gasteiger partial charge < -0.3 is 14.5 Å². The van der Waals surface area contributed by atoms with Crippen molar-refractivity contribution in [3.63, 3.8) is 0 Å². The van der Waals surface area contributed by atoms with Crippen molar-refractivity contribution in [2.75, 3.05) is 39.8 Å².